The minimum Gasteiger partial charge on any atom is -0.487 e. The lowest BCUT2D eigenvalue weighted by atomic mass is 9.89. The SMILES string of the molecule is Cc1ccc2c(c1)OC(C)(C)CC2NC(=O)c1ccc(Br)cc1. The number of aryl methyl sites for hydroxylation is 1. The van der Waals surface area contributed by atoms with E-state index in [2.05, 4.69) is 41.2 Å². The maximum atomic E-state index is 12.5. The molecule has 1 atom stereocenters. The van der Waals surface area contributed by atoms with Crippen LogP contribution in [-0.4, -0.2) is 11.5 Å². The molecular formula is C19H20BrNO2. The van der Waals surface area contributed by atoms with Gasteiger partial charge in [0.1, 0.15) is 11.4 Å². The van der Waals surface area contributed by atoms with E-state index in [-0.39, 0.29) is 17.6 Å². The molecule has 1 unspecified atom stereocenters. The van der Waals surface area contributed by atoms with Crippen molar-refractivity contribution in [2.24, 2.45) is 0 Å². The predicted octanol–water partition coefficient (Wildman–Crippen LogP) is 4.79. The number of ether oxygens (including phenoxy) is 1. The molecule has 2 aromatic carbocycles. The van der Waals surface area contributed by atoms with Crippen LogP contribution in [0.25, 0.3) is 0 Å². The van der Waals surface area contributed by atoms with Crippen molar-refractivity contribution in [2.75, 3.05) is 0 Å². The van der Waals surface area contributed by atoms with Gasteiger partial charge in [-0.3, -0.25) is 4.79 Å². The second-order valence-corrected chi connectivity index (χ2v) is 7.56. The topological polar surface area (TPSA) is 38.3 Å². The molecule has 0 saturated heterocycles. The molecular weight excluding hydrogens is 354 g/mol. The predicted molar refractivity (Wildman–Crippen MR) is 94.9 cm³/mol. The second kappa shape index (κ2) is 6.00. The van der Waals surface area contributed by atoms with Gasteiger partial charge in [0.25, 0.3) is 5.91 Å². The Balaban J connectivity index is 1.87. The number of carbonyl (C=O) groups is 1. The molecule has 0 fully saturated rings. The minimum atomic E-state index is -0.307. The van der Waals surface area contributed by atoms with E-state index < -0.39 is 0 Å². The lowest BCUT2D eigenvalue weighted by molar-refractivity contribution is 0.0619. The molecule has 1 amide bonds. The van der Waals surface area contributed by atoms with Crippen molar-refractivity contribution < 1.29 is 9.53 Å². The molecule has 0 saturated carbocycles. The molecule has 0 aliphatic carbocycles. The molecule has 0 spiro atoms. The third kappa shape index (κ3) is 3.58. The first kappa shape index (κ1) is 16.1. The standard InChI is InChI=1S/C19H20BrNO2/c1-12-4-9-15-16(11-19(2,3)23-17(15)10-12)21-18(22)13-5-7-14(20)8-6-13/h4-10,16H,11H2,1-3H3,(H,21,22). The van der Waals surface area contributed by atoms with E-state index >= 15 is 0 Å². The van der Waals surface area contributed by atoms with E-state index in [9.17, 15) is 4.79 Å². The van der Waals surface area contributed by atoms with Gasteiger partial charge in [0.2, 0.25) is 0 Å². The number of halogens is 1. The normalized spacial score (nSPS) is 18.7. The van der Waals surface area contributed by atoms with Crippen LogP contribution in [0.15, 0.2) is 46.9 Å². The Labute approximate surface area is 145 Å². The first-order valence-corrected chi connectivity index (χ1v) is 8.49. The van der Waals surface area contributed by atoms with Gasteiger partial charge < -0.3 is 10.1 Å². The highest BCUT2D eigenvalue weighted by atomic mass is 79.9. The Kier molecular flexibility index (Phi) is 4.19. The summed E-state index contributed by atoms with van der Waals surface area (Å²) in [6.07, 6.45) is 0.741. The first-order valence-electron chi connectivity index (χ1n) is 7.70. The van der Waals surface area contributed by atoms with Crippen molar-refractivity contribution in [1.29, 1.82) is 0 Å². The highest BCUT2D eigenvalue weighted by Crippen LogP contribution is 2.40. The van der Waals surface area contributed by atoms with Crippen LogP contribution in [0, 0.1) is 6.92 Å². The molecule has 120 valence electrons. The van der Waals surface area contributed by atoms with E-state index in [1.165, 1.54) is 0 Å². The average molecular weight is 374 g/mol. The van der Waals surface area contributed by atoms with Crippen LogP contribution in [0.4, 0.5) is 0 Å². The Hall–Kier alpha value is -1.81. The number of benzene rings is 2. The number of fused-ring (bicyclic) bond motifs is 1. The van der Waals surface area contributed by atoms with E-state index in [4.69, 9.17) is 4.74 Å². The van der Waals surface area contributed by atoms with Gasteiger partial charge in [0, 0.05) is 22.0 Å². The van der Waals surface area contributed by atoms with Gasteiger partial charge >= 0.3 is 0 Å². The van der Waals surface area contributed by atoms with Gasteiger partial charge in [0.15, 0.2) is 0 Å². The van der Waals surface area contributed by atoms with Crippen LogP contribution in [0.2, 0.25) is 0 Å². The molecule has 0 aromatic heterocycles. The molecule has 4 heteroatoms. The summed E-state index contributed by atoms with van der Waals surface area (Å²) in [7, 11) is 0. The molecule has 2 aromatic rings. The zero-order valence-corrected chi connectivity index (χ0v) is 15.1. The van der Waals surface area contributed by atoms with Crippen molar-refractivity contribution in [1.82, 2.24) is 5.32 Å². The van der Waals surface area contributed by atoms with Crippen molar-refractivity contribution in [2.45, 2.75) is 38.8 Å². The average Bonchev–Trinajstić information content (AvgIpc) is 2.46. The van der Waals surface area contributed by atoms with Crippen LogP contribution in [0.5, 0.6) is 5.75 Å². The zero-order chi connectivity index (χ0) is 16.6. The molecule has 0 radical (unpaired) electrons. The molecule has 3 nitrogen and oxygen atoms in total. The van der Waals surface area contributed by atoms with E-state index in [0.717, 1.165) is 27.8 Å². The minimum absolute atomic E-state index is 0.0505. The smallest absolute Gasteiger partial charge is 0.251 e. The highest BCUT2D eigenvalue weighted by molar-refractivity contribution is 9.10. The maximum Gasteiger partial charge on any atom is 0.251 e. The van der Waals surface area contributed by atoms with Crippen LogP contribution < -0.4 is 10.1 Å². The van der Waals surface area contributed by atoms with Crippen molar-refractivity contribution in [3.8, 4) is 5.75 Å². The van der Waals surface area contributed by atoms with Crippen molar-refractivity contribution >= 4 is 21.8 Å². The number of carbonyl (C=O) groups excluding carboxylic acids is 1. The van der Waals surface area contributed by atoms with Gasteiger partial charge in [-0.25, -0.2) is 0 Å². The Bertz CT molecular complexity index is 738. The summed E-state index contributed by atoms with van der Waals surface area (Å²) in [5.74, 6) is 0.800. The number of nitrogens with one attached hydrogen (secondary N) is 1. The summed E-state index contributed by atoms with van der Waals surface area (Å²) in [4.78, 5) is 12.5. The summed E-state index contributed by atoms with van der Waals surface area (Å²) >= 11 is 3.39. The van der Waals surface area contributed by atoms with Gasteiger partial charge in [-0.05, 0) is 56.7 Å². The van der Waals surface area contributed by atoms with Crippen molar-refractivity contribution in [3.05, 3.63) is 63.6 Å². The Morgan fingerprint density at radius 1 is 1.22 bits per heavy atom. The number of hydrogen-bond donors (Lipinski definition) is 1. The summed E-state index contributed by atoms with van der Waals surface area (Å²) in [6.45, 7) is 6.15. The number of hydrogen-bond acceptors (Lipinski definition) is 2. The van der Waals surface area contributed by atoms with Crippen LogP contribution in [0.3, 0.4) is 0 Å². The Morgan fingerprint density at radius 2 is 1.91 bits per heavy atom. The van der Waals surface area contributed by atoms with E-state index in [0.29, 0.717) is 5.56 Å². The molecule has 1 N–H and O–H groups in total. The fourth-order valence-corrected chi connectivity index (χ4v) is 3.19. The summed E-state index contributed by atoms with van der Waals surface area (Å²) in [6, 6.07) is 13.5. The molecule has 1 aliphatic heterocycles. The molecule has 1 aliphatic rings. The summed E-state index contributed by atoms with van der Waals surface area (Å²) < 4.78 is 7.04. The van der Waals surface area contributed by atoms with Crippen molar-refractivity contribution in [3.63, 3.8) is 0 Å². The zero-order valence-electron chi connectivity index (χ0n) is 13.5. The summed E-state index contributed by atoms with van der Waals surface area (Å²) in [5.41, 5.74) is 2.55. The fourth-order valence-electron chi connectivity index (χ4n) is 2.93. The van der Waals surface area contributed by atoms with Gasteiger partial charge in [-0.15, -0.1) is 0 Å². The van der Waals surface area contributed by atoms with Gasteiger partial charge in [-0.1, -0.05) is 28.1 Å². The lowest BCUT2D eigenvalue weighted by Crippen LogP contribution is -2.41. The lowest BCUT2D eigenvalue weighted by Gasteiger charge is -2.38. The maximum absolute atomic E-state index is 12.5. The number of amides is 1. The van der Waals surface area contributed by atoms with Crippen LogP contribution >= 0.6 is 15.9 Å². The molecule has 23 heavy (non-hydrogen) atoms. The third-order valence-electron chi connectivity index (χ3n) is 4.04. The third-order valence-corrected chi connectivity index (χ3v) is 4.57. The highest BCUT2D eigenvalue weighted by Gasteiger charge is 2.34. The largest absolute Gasteiger partial charge is 0.487 e. The van der Waals surface area contributed by atoms with Gasteiger partial charge in [0.05, 0.1) is 6.04 Å². The van der Waals surface area contributed by atoms with E-state index in [1.54, 1.807) is 0 Å². The quantitative estimate of drug-likeness (QED) is 0.821. The van der Waals surface area contributed by atoms with Crippen LogP contribution in [0.1, 0.15) is 47.8 Å². The molecule has 1 heterocycles. The summed E-state index contributed by atoms with van der Waals surface area (Å²) in [5, 5.41) is 3.15. The first-order chi connectivity index (χ1) is 10.8. The Morgan fingerprint density at radius 3 is 2.61 bits per heavy atom. The monoisotopic (exact) mass is 373 g/mol. The van der Waals surface area contributed by atoms with E-state index in [1.807, 2.05) is 43.3 Å². The fraction of sp³-hybridized carbons (Fsp3) is 0.316. The second-order valence-electron chi connectivity index (χ2n) is 6.64. The number of rotatable bonds is 2. The van der Waals surface area contributed by atoms with Crippen LogP contribution in [-0.2, 0) is 0 Å². The van der Waals surface area contributed by atoms with Gasteiger partial charge in [-0.2, -0.15) is 0 Å². The molecule has 0 bridgehead atoms. The molecule has 3 rings (SSSR count).